The van der Waals surface area contributed by atoms with Crippen molar-refractivity contribution >= 4 is 0 Å². The second-order valence-electron chi connectivity index (χ2n) is 7.93. The Labute approximate surface area is 161 Å². The van der Waals surface area contributed by atoms with E-state index in [2.05, 4.69) is 47.3 Å². The number of aromatic nitrogens is 2. The predicted octanol–water partition coefficient (Wildman–Crippen LogP) is 4.67. The molecule has 0 radical (unpaired) electrons. The Bertz CT molecular complexity index is 789. The van der Waals surface area contributed by atoms with E-state index in [0.717, 1.165) is 37.3 Å². The van der Waals surface area contributed by atoms with Gasteiger partial charge in [0.25, 0.3) is 0 Å². The minimum Gasteiger partial charge on any atom is -0.296 e. The fourth-order valence-electron chi connectivity index (χ4n) is 4.10. The van der Waals surface area contributed by atoms with Crippen LogP contribution in [-0.2, 0) is 13.1 Å². The van der Waals surface area contributed by atoms with Crippen molar-refractivity contribution in [2.24, 2.45) is 11.3 Å². The van der Waals surface area contributed by atoms with Gasteiger partial charge in [-0.2, -0.15) is 10.4 Å². The SMILES string of the molecule is CCn1ccc(-c2ccc(CN3CCC(CC#N)(C(C)C)C(F)C3)cc2)n1. The predicted molar refractivity (Wildman–Crippen MR) is 106 cm³/mol. The monoisotopic (exact) mass is 368 g/mol. The summed E-state index contributed by atoms with van der Waals surface area (Å²) in [5.41, 5.74) is 2.76. The van der Waals surface area contributed by atoms with Crippen molar-refractivity contribution in [3.8, 4) is 17.3 Å². The molecule has 2 atom stereocenters. The van der Waals surface area contributed by atoms with Crippen molar-refractivity contribution in [1.82, 2.24) is 14.7 Å². The zero-order valence-corrected chi connectivity index (χ0v) is 16.5. The first-order valence-corrected chi connectivity index (χ1v) is 9.84. The summed E-state index contributed by atoms with van der Waals surface area (Å²) in [4.78, 5) is 2.17. The van der Waals surface area contributed by atoms with Gasteiger partial charge in [0.2, 0.25) is 0 Å². The molecule has 0 bridgehead atoms. The van der Waals surface area contributed by atoms with E-state index < -0.39 is 11.6 Å². The Morgan fingerprint density at radius 3 is 2.59 bits per heavy atom. The Balaban J connectivity index is 1.64. The first-order valence-electron chi connectivity index (χ1n) is 9.84. The Kier molecular flexibility index (Phi) is 5.96. The first-order chi connectivity index (χ1) is 13.0. The topological polar surface area (TPSA) is 44.9 Å². The smallest absolute Gasteiger partial charge is 0.120 e. The molecule has 0 N–H and O–H groups in total. The zero-order chi connectivity index (χ0) is 19.4. The number of halogens is 1. The first kappa shape index (κ1) is 19.6. The van der Waals surface area contributed by atoms with Gasteiger partial charge in [-0.05, 0) is 37.4 Å². The van der Waals surface area contributed by atoms with Gasteiger partial charge in [-0.15, -0.1) is 0 Å². The van der Waals surface area contributed by atoms with Gasteiger partial charge in [0.1, 0.15) is 6.17 Å². The third-order valence-electron chi connectivity index (χ3n) is 6.11. The second-order valence-corrected chi connectivity index (χ2v) is 7.93. The second kappa shape index (κ2) is 8.22. The van der Waals surface area contributed by atoms with Gasteiger partial charge in [-0.1, -0.05) is 38.1 Å². The molecule has 3 rings (SSSR count). The van der Waals surface area contributed by atoms with Crippen LogP contribution < -0.4 is 0 Å². The van der Waals surface area contributed by atoms with E-state index in [4.69, 9.17) is 5.26 Å². The molecule has 2 unspecified atom stereocenters. The standard InChI is InChI=1S/C22H29FN4/c1-4-27-13-9-20(25-27)19-7-5-18(6-8-19)15-26-14-11-22(10-12-24,17(2)3)21(23)16-26/h5-9,13,17,21H,4,10-11,14-16H2,1-3H3. The van der Waals surface area contributed by atoms with Crippen LogP contribution in [0.2, 0.25) is 0 Å². The lowest BCUT2D eigenvalue weighted by atomic mass is 9.67. The molecular weight excluding hydrogens is 339 g/mol. The molecule has 1 aromatic carbocycles. The molecular formula is C22H29FN4. The Morgan fingerprint density at radius 2 is 2.04 bits per heavy atom. The molecule has 0 aliphatic carbocycles. The van der Waals surface area contributed by atoms with Crippen LogP contribution in [0.25, 0.3) is 11.3 Å². The van der Waals surface area contributed by atoms with Crippen LogP contribution in [0.1, 0.15) is 39.2 Å². The fourth-order valence-corrected chi connectivity index (χ4v) is 4.10. The number of hydrogen-bond donors (Lipinski definition) is 0. The van der Waals surface area contributed by atoms with Crippen molar-refractivity contribution in [3.05, 3.63) is 42.1 Å². The van der Waals surface area contributed by atoms with Crippen molar-refractivity contribution in [2.45, 2.75) is 52.9 Å². The zero-order valence-electron chi connectivity index (χ0n) is 16.5. The van der Waals surface area contributed by atoms with Gasteiger partial charge < -0.3 is 0 Å². The van der Waals surface area contributed by atoms with Crippen molar-refractivity contribution < 1.29 is 4.39 Å². The minimum atomic E-state index is -0.955. The van der Waals surface area contributed by atoms with E-state index in [9.17, 15) is 0 Å². The third kappa shape index (κ3) is 4.06. The maximum absolute atomic E-state index is 15.0. The van der Waals surface area contributed by atoms with Crippen LogP contribution in [0.5, 0.6) is 0 Å². The number of alkyl halides is 1. The van der Waals surface area contributed by atoms with E-state index in [0.29, 0.717) is 13.0 Å². The van der Waals surface area contributed by atoms with Crippen LogP contribution >= 0.6 is 0 Å². The van der Waals surface area contributed by atoms with Gasteiger partial charge in [0, 0.05) is 43.2 Å². The van der Waals surface area contributed by atoms with Gasteiger partial charge in [-0.3, -0.25) is 9.58 Å². The van der Waals surface area contributed by atoms with Crippen LogP contribution in [0.3, 0.4) is 0 Å². The number of hydrogen-bond acceptors (Lipinski definition) is 3. The summed E-state index contributed by atoms with van der Waals surface area (Å²) in [6.45, 7) is 8.99. The lowest BCUT2D eigenvalue weighted by molar-refractivity contribution is -0.0253. The number of nitriles is 1. The molecule has 1 fully saturated rings. The molecule has 5 heteroatoms. The molecule has 4 nitrogen and oxygen atoms in total. The molecule has 2 heterocycles. The van der Waals surface area contributed by atoms with Crippen molar-refractivity contribution in [2.75, 3.05) is 13.1 Å². The maximum atomic E-state index is 15.0. The van der Waals surface area contributed by atoms with Crippen LogP contribution in [0.15, 0.2) is 36.5 Å². The normalized spacial score (nSPS) is 23.5. The van der Waals surface area contributed by atoms with Gasteiger partial charge in [0.15, 0.2) is 0 Å². The summed E-state index contributed by atoms with van der Waals surface area (Å²) in [6, 6.07) is 12.6. The highest BCUT2D eigenvalue weighted by atomic mass is 19.1. The summed E-state index contributed by atoms with van der Waals surface area (Å²) >= 11 is 0. The summed E-state index contributed by atoms with van der Waals surface area (Å²) in [6.07, 6.45) is 2.08. The molecule has 144 valence electrons. The summed E-state index contributed by atoms with van der Waals surface area (Å²) in [7, 11) is 0. The highest BCUT2D eigenvalue weighted by Gasteiger charge is 2.45. The number of piperidine rings is 1. The van der Waals surface area contributed by atoms with Crippen molar-refractivity contribution in [3.63, 3.8) is 0 Å². The van der Waals surface area contributed by atoms with E-state index in [1.54, 1.807) is 0 Å². The van der Waals surface area contributed by atoms with E-state index >= 15 is 4.39 Å². The summed E-state index contributed by atoms with van der Waals surface area (Å²) in [5, 5.41) is 13.7. The average molecular weight is 368 g/mol. The number of aryl methyl sites for hydroxylation is 1. The Morgan fingerprint density at radius 1 is 1.30 bits per heavy atom. The van der Waals surface area contributed by atoms with Crippen LogP contribution in [-0.4, -0.2) is 33.9 Å². The lowest BCUT2D eigenvalue weighted by Gasteiger charge is -2.46. The van der Waals surface area contributed by atoms with Crippen LogP contribution in [0.4, 0.5) is 4.39 Å². The lowest BCUT2D eigenvalue weighted by Crippen LogP contribution is -2.51. The number of nitrogens with zero attached hydrogens (tertiary/aromatic N) is 4. The quantitative estimate of drug-likeness (QED) is 0.744. The van der Waals surface area contributed by atoms with E-state index in [1.165, 1.54) is 5.56 Å². The molecule has 0 amide bonds. The third-order valence-corrected chi connectivity index (χ3v) is 6.11. The van der Waals surface area contributed by atoms with Crippen molar-refractivity contribution in [1.29, 1.82) is 5.26 Å². The molecule has 2 aromatic rings. The number of likely N-dealkylation sites (tertiary alicyclic amines) is 1. The molecule has 0 saturated carbocycles. The fraction of sp³-hybridized carbons (Fsp3) is 0.545. The van der Waals surface area contributed by atoms with Gasteiger partial charge in [-0.25, -0.2) is 4.39 Å². The average Bonchev–Trinajstić information content (AvgIpc) is 3.14. The van der Waals surface area contributed by atoms with Gasteiger partial charge in [0.05, 0.1) is 11.8 Å². The largest absolute Gasteiger partial charge is 0.296 e. The highest BCUT2D eigenvalue weighted by Crippen LogP contribution is 2.43. The molecule has 0 spiro atoms. The van der Waals surface area contributed by atoms with Crippen LogP contribution in [0, 0.1) is 22.7 Å². The summed E-state index contributed by atoms with van der Waals surface area (Å²) in [5.74, 6) is 0.177. The molecule has 1 aliphatic rings. The highest BCUT2D eigenvalue weighted by molar-refractivity contribution is 5.58. The summed E-state index contributed by atoms with van der Waals surface area (Å²) < 4.78 is 16.9. The molecule has 27 heavy (non-hydrogen) atoms. The van der Waals surface area contributed by atoms with E-state index in [-0.39, 0.29) is 5.92 Å². The maximum Gasteiger partial charge on any atom is 0.120 e. The van der Waals surface area contributed by atoms with Gasteiger partial charge >= 0.3 is 0 Å². The number of benzene rings is 1. The molecule has 1 aromatic heterocycles. The minimum absolute atomic E-state index is 0.177. The molecule has 1 saturated heterocycles. The molecule has 1 aliphatic heterocycles. The Hall–Kier alpha value is -2.19. The van der Waals surface area contributed by atoms with E-state index in [1.807, 2.05) is 30.8 Å². The number of rotatable bonds is 6.